The van der Waals surface area contributed by atoms with Crippen LogP contribution in [0.5, 0.6) is 11.5 Å². The molecule has 1 aromatic carbocycles. The Bertz CT molecular complexity index is 463. The number of nitrogens with two attached hydrogens (primary N) is 1. The maximum Gasteiger partial charge on any atom is 0.188 e. The molecule has 0 radical (unpaired) electrons. The molecule has 0 fully saturated rings. The van der Waals surface area contributed by atoms with E-state index in [1.54, 1.807) is 6.07 Å². The third-order valence-corrected chi connectivity index (χ3v) is 2.79. The van der Waals surface area contributed by atoms with E-state index in [2.05, 4.69) is 0 Å². The molecule has 0 aromatic heterocycles. The molecule has 1 aromatic rings. The van der Waals surface area contributed by atoms with Crippen LogP contribution >= 0.6 is 0 Å². The van der Waals surface area contributed by atoms with Crippen LogP contribution in [0, 0.1) is 0 Å². The highest BCUT2D eigenvalue weighted by molar-refractivity contribution is 5.90. The zero-order chi connectivity index (χ0) is 14.6. The van der Waals surface area contributed by atoms with E-state index in [-0.39, 0.29) is 17.9 Å². The molecule has 0 amide bonds. The zero-order valence-electron chi connectivity index (χ0n) is 12.1. The molecule has 5 nitrogen and oxygen atoms in total. The number of methoxy groups -OCH3 is 2. The summed E-state index contributed by atoms with van der Waals surface area (Å²) in [6.07, 6.45) is 0.667. The zero-order valence-corrected chi connectivity index (χ0v) is 12.1. The molecule has 5 heteroatoms. The number of aldehydes is 1. The summed E-state index contributed by atoms with van der Waals surface area (Å²) in [5.41, 5.74) is 7.25. The minimum absolute atomic E-state index is 0.0674. The number of anilines is 1. The van der Waals surface area contributed by atoms with E-state index in [9.17, 15) is 4.79 Å². The quantitative estimate of drug-likeness (QED) is 0.504. The van der Waals surface area contributed by atoms with E-state index >= 15 is 0 Å². The standard InChI is InChI=1S/C14H21NO4/c1-14(2,3)10-6-11(18-5)9(7-16)12(15)13(10)19-8-17-4/h6-7H,8,15H2,1-5H3. The van der Waals surface area contributed by atoms with Crippen LogP contribution in [-0.4, -0.2) is 27.3 Å². The molecule has 0 aliphatic heterocycles. The molecule has 0 heterocycles. The second-order valence-corrected chi connectivity index (χ2v) is 5.20. The average Bonchev–Trinajstić information content (AvgIpc) is 2.35. The first kappa shape index (κ1) is 15.3. The Morgan fingerprint density at radius 1 is 1.32 bits per heavy atom. The Balaban J connectivity index is 3.51. The van der Waals surface area contributed by atoms with Gasteiger partial charge >= 0.3 is 0 Å². The van der Waals surface area contributed by atoms with Crippen molar-refractivity contribution < 1.29 is 19.0 Å². The van der Waals surface area contributed by atoms with Crippen LogP contribution in [-0.2, 0) is 10.2 Å². The van der Waals surface area contributed by atoms with Gasteiger partial charge in [-0.2, -0.15) is 0 Å². The first-order valence-electron chi connectivity index (χ1n) is 5.94. The fourth-order valence-corrected chi connectivity index (χ4v) is 1.80. The van der Waals surface area contributed by atoms with Gasteiger partial charge in [-0.3, -0.25) is 4.79 Å². The van der Waals surface area contributed by atoms with Crippen LogP contribution in [0.3, 0.4) is 0 Å². The van der Waals surface area contributed by atoms with Gasteiger partial charge in [0.2, 0.25) is 0 Å². The smallest absolute Gasteiger partial charge is 0.188 e. The van der Waals surface area contributed by atoms with Gasteiger partial charge in [-0.25, -0.2) is 0 Å². The lowest BCUT2D eigenvalue weighted by Gasteiger charge is -2.25. The van der Waals surface area contributed by atoms with Crippen molar-refractivity contribution in [2.45, 2.75) is 26.2 Å². The molecule has 106 valence electrons. The second-order valence-electron chi connectivity index (χ2n) is 5.20. The number of carbonyl (C=O) groups excluding carboxylic acids is 1. The summed E-state index contributed by atoms with van der Waals surface area (Å²) in [6, 6.07) is 1.78. The fourth-order valence-electron chi connectivity index (χ4n) is 1.80. The molecule has 0 saturated carbocycles. The molecule has 0 spiro atoms. The molecule has 0 saturated heterocycles. The number of nitrogen functional groups attached to an aromatic ring is 1. The Labute approximate surface area is 113 Å². The van der Waals surface area contributed by atoms with Gasteiger partial charge in [0.25, 0.3) is 0 Å². The molecule has 1 rings (SSSR count). The Hall–Kier alpha value is -1.75. The van der Waals surface area contributed by atoms with E-state index < -0.39 is 0 Å². The van der Waals surface area contributed by atoms with Crippen molar-refractivity contribution in [3.63, 3.8) is 0 Å². The number of hydrogen-bond donors (Lipinski definition) is 1. The van der Waals surface area contributed by atoms with E-state index in [1.807, 2.05) is 20.8 Å². The maximum atomic E-state index is 11.1. The SMILES string of the molecule is COCOc1c(C(C)(C)C)cc(OC)c(C=O)c1N. The monoisotopic (exact) mass is 267 g/mol. The first-order chi connectivity index (χ1) is 8.86. The molecule has 0 atom stereocenters. The van der Waals surface area contributed by atoms with E-state index in [1.165, 1.54) is 14.2 Å². The summed E-state index contributed by atoms with van der Waals surface area (Å²) in [5, 5.41) is 0. The van der Waals surface area contributed by atoms with Crippen molar-refractivity contribution in [2.75, 3.05) is 26.7 Å². The van der Waals surface area contributed by atoms with Crippen molar-refractivity contribution in [2.24, 2.45) is 0 Å². The Kier molecular flexibility index (Phi) is 4.78. The third-order valence-electron chi connectivity index (χ3n) is 2.79. The summed E-state index contributed by atoms with van der Waals surface area (Å²) < 4.78 is 15.6. The third kappa shape index (κ3) is 3.17. The normalized spacial score (nSPS) is 11.2. The van der Waals surface area contributed by atoms with Crippen LogP contribution in [0.25, 0.3) is 0 Å². The largest absolute Gasteiger partial charge is 0.496 e. The van der Waals surface area contributed by atoms with Gasteiger partial charge in [-0.1, -0.05) is 20.8 Å². The van der Waals surface area contributed by atoms with Crippen molar-refractivity contribution in [1.29, 1.82) is 0 Å². The van der Waals surface area contributed by atoms with E-state index in [0.717, 1.165) is 5.56 Å². The molecular formula is C14H21NO4. The van der Waals surface area contributed by atoms with Crippen LogP contribution in [0.15, 0.2) is 6.07 Å². The second kappa shape index (κ2) is 5.93. The Morgan fingerprint density at radius 2 is 1.95 bits per heavy atom. The van der Waals surface area contributed by atoms with Crippen LogP contribution in [0.1, 0.15) is 36.7 Å². The van der Waals surface area contributed by atoms with Gasteiger partial charge in [-0.05, 0) is 11.5 Å². The van der Waals surface area contributed by atoms with Crippen molar-refractivity contribution in [3.05, 3.63) is 17.2 Å². The number of benzene rings is 1. The number of carbonyl (C=O) groups is 1. The minimum Gasteiger partial charge on any atom is -0.496 e. The average molecular weight is 267 g/mol. The van der Waals surface area contributed by atoms with Gasteiger partial charge < -0.3 is 19.9 Å². The Morgan fingerprint density at radius 3 is 2.37 bits per heavy atom. The van der Waals surface area contributed by atoms with Crippen molar-refractivity contribution >= 4 is 12.0 Å². The minimum atomic E-state index is -0.202. The summed E-state index contributed by atoms with van der Waals surface area (Å²) in [5.74, 6) is 0.916. The van der Waals surface area contributed by atoms with E-state index in [0.29, 0.717) is 23.3 Å². The van der Waals surface area contributed by atoms with Gasteiger partial charge in [0.15, 0.2) is 13.1 Å². The topological polar surface area (TPSA) is 70.8 Å². The first-order valence-corrected chi connectivity index (χ1v) is 5.94. The molecule has 0 unspecified atom stereocenters. The molecule has 2 N–H and O–H groups in total. The van der Waals surface area contributed by atoms with Crippen molar-refractivity contribution in [3.8, 4) is 11.5 Å². The predicted molar refractivity (Wildman–Crippen MR) is 74.0 cm³/mol. The number of hydrogen-bond acceptors (Lipinski definition) is 5. The highest BCUT2D eigenvalue weighted by Crippen LogP contribution is 2.41. The summed E-state index contributed by atoms with van der Waals surface area (Å²) >= 11 is 0. The van der Waals surface area contributed by atoms with Crippen LogP contribution in [0.2, 0.25) is 0 Å². The lowest BCUT2D eigenvalue weighted by atomic mass is 9.85. The van der Waals surface area contributed by atoms with Gasteiger partial charge in [0.05, 0.1) is 18.4 Å². The predicted octanol–water partition coefficient (Wildman–Crippen LogP) is 2.37. The van der Waals surface area contributed by atoms with Gasteiger partial charge in [-0.15, -0.1) is 0 Å². The number of rotatable bonds is 5. The van der Waals surface area contributed by atoms with Crippen LogP contribution < -0.4 is 15.2 Å². The van der Waals surface area contributed by atoms with Gasteiger partial charge in [0.1, 0.15) is 11.5 Å². The lowest BCUT2D eigenvalue weighted by Crippen LogP contribution is -2.17. The highest BCUT2D eigenvalue weighted by Gasteiger charge is 2.25. The molecule has 0 aliphatic rings. The summed E-state index contributed by atoms with van der Waals surface area (Å²) in [6.45, 7) is 6.16. The molecule has 19 heavy (non-hydrogen) atoms. The fraction of sp³-hybridized carbons (Fsp3) is 0.500. The van der Waals surface area contributed by atoms with Gasteiger partial charge in [0, 0.05) is 12.7 Å². The molecule has 0 aliphatic carbocycles. The van der Waals surface area contributed by atoms with E-state index in [4.69, 9.17) is 19.9 Å². The summed E-state index contributed by atoms with van der Waals surface area (Å²) in [4.78, 5) is 11.1. The highest BCUT2D eigenvalue weighted by atomic mass is 16.7. The van der Waals surface area contributed by atoms with Crippen LogP contribution in [0.4, 0.5) is 5.69 Å². The lowest BCUT2D eigenvalue weighted by molar-refractivity contribution is 0.0502. The molecule has 0 bridgehead atoms. The maximum absolute atomic E-state index is 11.1. The molecular weight excluding hydrogens is 246 g/mol. The number of ether oxygens (including phenoxy) is 3. The summed E-state index contributed by atoms with van der Waals surface area (Å²) in [7, 11) is 3.03. The van der Waals surface area contributed by atoms with Crippen molar-refractivity contribution in [1.82, 2.24) is 0 Å².